The van der Waals surface area contributed by atoms with Gasteiger partial charge in [-0.05, 0) is 51.0 Å². The van der Waals surface area contributed by atoms with E-state index in [0.717, 1.165) is 5.66 Å². The lowest BCUT2D eigenvalue weighted by atomic mass is 10.0. The van der Waals surface area contributed by atoms with Gasteiger partial charge in [-0.25, -0.2) is 0 Å². The van der Waals surface area contributed by atoms with Crippen LogP contribution in [0.25, 0.3) is 0 Å². The van der Waals surface area contributed by atoms with Crippen molar-refractivity contribution in [1.29, 1.82) is 0 Å². The van der Waals surface area contributed by atoms with Crippen LogP contribution < -0.4 is 0 Å². The average molecular weight is 261 g/mol. The van der Waals surface area contributed by atoms with E-state index in [1.807, 2.05) is 0 Å². The minimum absolute atomic E-state index is 0.808. The lowest BCUT2D eigenvalue weighted by Crippen LogP contribution is -2.13. The Balaban J connectivity index is 2.06. The number of allylic oxidation sites excluding steroid dienone is 2. The molecule has 0 atom stereocenters. The third kappa shape index (κ3) is 2.96. The molecular weight excluding hydrogens is 239 g/mol. The van der Waals surface area contributed by atoms with E-state index >= 15 is 0 Å². The maximum atomic E-state index is 4.98. The van der Waals surface area contributed by atoms with Crippen LogP contribution in [-0.2, 0) is 0 Å². The van der Waals surface area contributed by atoms with E-state index < -0.39 is 5.67 Å². The van der Waals surface area contributed by atoms with Crippen LogP contribution in [0, 0.1) is 0 Å². The number of rotatable bonds is 2. The molecule has 0 unspecified atom stereocenters. The van der Waals surface area contributed by atoms with E-state index in [4.69, 9.17) is 24.5 Å². The topological polar surface area (TPSA) is 0 Å². The molecule has 0 aliphatic heterocycles. The molecule has 86 valence electrons. The normalized spacial score (nSPS) is 25.1. The van der Waals surface area contributed by atoms with E-state index in [-0.39, 0.29) is 0 Å². The van der Waals surface area contributed by atoms with Crippen LogP contribution in [0.2, 0.25) is 0 Å². The third-order valence-corrected chi connectivity index (χ3v) is 10.1. The molecule has 2 aliphatic rings. The molecule has 0 aromatic heterocycles. The molecule has 1 saturated carbocycles. The molecule has 2 aliphatic carbocycles. The Morgan fingerprint density at radius 3 is 2.33 bits per heavy atom. The highest BCUT2D eigenvalue weighted by molar-refractivity contribution is 8.86. The summed E-state index contributed by atoms with van der Waals surface area (Å²) in [5.41, 5.74) is -0.536. The van der Waals surface area contributed by atoms with Crippen LogP contribution in [0.15, 0.2) is 11.4 Å². The molecule has 2 rings (SSSR count). The van der Waals surface area contributed by atoms with Gasteiger partial charge in [-0.1, -0.05) is 6.42 Å². The highest BCUT2D eigenvalue weighted by Gasteiger charge is 2.44. The maximum Gasteiger partial charge on any atom is 0.156 e. The zero-order valence-electron chi connectivity index (χ0n) is 9.36. The van der Waals surface area contributed by atoms with E-state index in [1.54, 1.807) is 5.31 Å². The molecule has 0 radical (unpaired) electrons. The summed E-state index contributed by atoms with van der Waals surface area (Å²) in [7, 11) is 0. The van der Waals surface area contributed by atoms with Gasteiger partial charge in [0.15, 0.2) is 5.67 Å². The zero-order valence-corrected chi connectivity index (χ0v) is 12.0. The standard InChI is InChI=1S/C12H22PS2/c14-13(15,11-7-3-1-4-8-11)12-9-5-2-6-10-12/h7,12,14-15H,1-6,8-10H2/q+1. The lowest BCUT2D eigenvalue weighted by Gasteiger charge is -2.30. The molecule has 15 heavy (non-hydrogen) atoms. The molecule has 0 saturated heterocycles. The van der Waals surface area contributed by atoms with Gasteiger partial charge in [0, 0.05) is 30.9 Å². The van der Waals surface area contributed by atoms with Gasteiger partial charge in [-0.2, -0.15) is 0 Å². The fourth-order valence-electron chi connectivity index (χ4n) is 2.80. The molecule has 0 amide bonds. The smallest absolute Gasteiger partial charge is 0.0530 e. The summed E-state index contributed by atoms with van der Waals surface area (Å²) in [6.07, 6.45) is 14.7. The first-order valence-corrected chi connectivity index (χ1v) is 10.4. The Morgan fingerprint density at radius 2 is 1.73 bits per heavy atom. The predicted octanol–water partition coefficient (Wildman–Crippen LogP) is 5.48. The van der Waals surface area contributed by atoms with Crippen LogP contribution in [0.4, 0.5) is 0 Å². The minimum atomic E-state index is -1.34. The molecule has 3 heteroatoms. The van der Waals surface area contributed by atoms with Crippen molar-refractivity contribution in [2.75, 3.05) is 0 Å². The fraction of sp³-hybridized carbons (Fsp3) is 0.833. The van der Waals surface area contributed by atoms with E-state index in [2.05, 4.69) is 6.08 Å². The Hall–Kier alpha value is 0.870. The van der Waals surface area contributed by atoms with Gasteiger partial charge in [-0.3, -0.25) is 0 Å². The van der Waals surface area contributed by atoms with Crippen molar-refractivity contribution in [1.82, 2.24) is 0 Å². The quantitative estimate of drug-likeness (QED) is 0.477. The average Bonchev–Trinajstić information content (AvgIpc) is 2.31. The van der Waals surface area contributed by atoms with Gasteiger partial charge in [0.2, 0.25) is 0 Å². The van der Waals surface area contributed by atoms with Crippen LogP contribution in [0.3, 0.4) is 0 Å². The van der Waals surface area contributed by atoms with Gasteiger partial charge in [0.1, 0.15) is 0 Å². The summed E-state index contributed by atoms with van der Waals surface area (Å²) in [6.45, 7) is 0. The van der Waals surface area contributed by atoms with Crippen LogP contribution in [-0.4, -0.2) is 5.66 Å². The monoisotopic (exact) mass is 261 g/mol. The van der Waals surface area contributed by atoms with Crippen molar-refractivity contribution in [3.05, 3.63) is 11.4 Å². The first-order valence-electron chi connectivity index (χ1n) is 6.25. The first-order chi connectivity index (χ1) is 7.21. The second-order valence-electron chi connectivity index (χ2n) is 4.88. The SMILES string of the molecule is S[P+](S)(C1=CCCCC1)C1CCCCC1. The Bertz CT molecular complexity index is 242. The summed E-state index contributed by atoms with van der Waals surface area (Å²) in [5, 5.41) is 1.62. The van der Waals surface area contributed by atoms with Crippen molar-refractivity contribution >= 4 is 30.2 Å². The van der Waals surface area contributed by atoms with E-state index in [9.17, 15) is 0 Å². The number of thiol groups is 2. The fourth-order valence-corrected chi connectivity index (χ4v) is 7.71. The van der Waals surface area contributed by atoms with Crippen LogP contribution in [0.1, 0.15) is 57.8 Å². The zero-order chi connectivity index (χ0) is 10.7. The maximum absolute atomic E-state index is 4.98. The molecule has 0 bridgehead atoms. The summed E-state index contributed by atoms with van der Waals surface area (Å²) in [4.78, 5) is 0. The molecule has 0 aromatic rings. The summed E-state index contributed by atoms with van der Waals surface area (Å²) in [6, 6.07) is 0. The van der Waals surface area contributed by atoms with Gasteiger partial charge >= 0.3 is 0 Å². The van der Waals surface area contributed by atoms with Crippen LogP contribution in [0.5, 0.6) is 0 Å². The van der Waals surface area contributed by atoms with Crippen molar-refractivity contribution in [2.45, 2.75) is 63.4 Å². The molecule has 0 aromatic carbocycles. The summed E-state index contributed by atoms with van der Waals surface area (Å²) in [5.74, 6) is 0. The molecular formula is C12H22PS2+. The third-order valence-electron chi connectivity index (χ3n) is 3.77. The number of hydrogen-bond acceptors (Lipinski definition) is 2. The molecule has 0 spiro atoms. The van der Waals surface area contributed by atoms with Gasteiger partial charge < -0.3 is 0 Å². The first kappa shape index (κ1) is 12.3. The van der Waals surface area contributed by atoms with E-state index in [0.29, 0.717) is 0 Å². The predicted molar refractivity (Wildman–Crippen MR) is 78.3 cm³/mol. The van der Waals surface area contributed by atoms with Gasteiger partial charge in [-0.15, -0.1) is 0 Å². The van der Waals surface area contributed by atoms with Crippen molar-refractivity contribution in [2.24, 2.45) is 0 Å². The van der Waals surface area contributed by atoms with Crippen molar-refractivity contribution in [3.8, 4) is 0 Å². The molecule has 0 heterocycles. The highest BCUT2D eigenvalue weighted by atomic mass is 33.1. The summed E-state index contributed by atoms with van der Waals surface area (Å²) < 4.78 is 0. The highest BCUT2D eigenvalue weighted by Crippen LogP contribution is 2.80. The van der Waals surface area contributed by atoms with Crippen molar-refractivity contribution in [3.63, 3.8) is 0 Å². The van der Waals surface area contributed by atoms with Gasteiger partial charge in [0.25, 0.3) is 0 Å². The van der Waals surface area contributed by atoms with Crippen LogP contribution >= 0.6 is 30.2 Å². The largest absolute Gasteiger partial charge is 0.156 e. The van der Waals surface area contributed by atoms with E-state index in [1.165, 1.54) is 57.8 Å². The second kappa shape index (κ2) is 5.47. The molecule has 0 N–H and O–H groups in total. The molecule has 0 nitrogen and oxygen atoms in total. The minimum Gasteiger partial charge on any atom is -0.0530 e. The van der Waals surface area contributed by atoms with Gasteiger partial charge in [0.05, 0.1) is 11.0 Å². The summed E-state index contributed by atoms with van der Waals surface area (Å²) >= 11 is 9.96. The number of hydrogen-bond donors (Lipinski definition) is 2. The molecule has 1 fully saturated rings. The Kier molecular flexibility index (Phi) is 4.50. The van der Waals surface area contributed by atoms with Crippen molar-refractivity contribution < 1.29 is 0 Å². The Morgan fingerprint density at radius 1 is 1.00 bits per heavy atom. The lowest BCUT2D eigenvalue weighted by molar-refractivity contribution is 0.512. The second-order valence-corrected chi connectivity index (χ2v) is 12.2. The Labute approximate surface area is 105 Å².